The predicted octanol–water partition coefficient (Wildman–Crippen LogP) is 1.77. The summed E-state index contributed by atoms with van der Waals surface area (Å²) in [6, 6.07) is 9.02. The van der Waals surface area contributed by atoms with Gasteiger partial charge < -0.3 is 14.6 Å². The van der Waals surface area contributed by atoms with E-state index in [1.807, 2.05) is 24.3 Å². The molecule has 0 saturated heterocycles. The lowest BCUT2D eigenvalue weighted by Gasteiger charge is -2.11. The number of methoxy groups -OCH3 is 2. The van der Waals surface area contributed by atoms with E-state index in [2.05, 4.69) is 9.97 Å². The Balaban J connectivity index is 2.08. The van der Waals surface area contributed by atoms with Gasteiger partial charge in [-0.2, -0.15) is 0 Å². The molecule has 0 aliphatic carbocycles. The zero-order chi connectivity index (χ0) is 13.7. The molecule has 0 spiro atoms. The quantitative estimate of drug-likeness (QED) is 0.887. The molecule has 0 aliphatic heterocycles. The molecule has 5 nitrogen and oxygen atoms in total. The summed E-state index contributed by atoms with van der Waals surface area (Å²) in [7, 11) is 3.16. The predicted molar refractivity (Wildman–Crippen MR) is 70.2 cm³/mol. The van der Waals surface area contributed by atoms with Crippen LogP contribution in [0.4, 0.5) is 0 Å². The number of benzene rings is 1. The Morgan fingerprint density at radius 2 is 1.84 bits per heavy atom. The molecule has 0 aliphatic rings. The van der Waals surface area contributed by atoms with Gasteiger partial charge in [0.05, 0.1) is 26.0 Å². The lowest BCUT2D eigenvalue weighted by Crippen LogP contribution is -2.04. The molecule has 0 amide bonds. The molecular formula is C14H16N2O3. The Bertz CT molecular complexity index is 528. The Morgan fingerprint density at radius 3 is 2.47 bits per heavy atom. The van der Waals surface area contributed by atoms with Crippen LogP contribution in [0.15, 0.2) is 36.7 Å². The van der Waals surface area contributed by atoms with E-state index >= 15 is 0 Å². The molecule has 0 fully saturated rings. The first-order chi connectivity index (χ1) is 9.22. The first-order valence-electron chi connectivity index (χ1n) is 5.90. The van der Waals surface area contributed by atoms with Crippen molar-refractivity contribution in [2.24, 2.45) is 0 Å². The Labute approximate surface area is 111 Å². The molecule has 2 aromatic rings. The molecule has 1 unspecified atom stereocenters. The second-order valence-corrected chi connectivity index (χ2v) is 4.04. The normalized spacial score (nSPS) is 11.9. The second-order valence-electron chi connectivity index (χ2n) is 4.04. The van der Waals surface area contributed by atoms with Crippen molar-refractivity contribution in [3.05, 3.63) is 47.9 Å². The molecule has 19 heavy (non-hydrogen) atoms. The van der Waals surface area contributed by atoms with E-state index in [1.165, 1.54) is 6.33 Å². The molecule has 1 heterocycles. The fourth-order valence-corrected chi connectivity index (χ4v) is 1.74. The third-order valence-electron chi connectivity index (χ3n) is 2.81. The minimum absolute atomic E-state index is 0.408. The second kappa shape index (κ2) is 6.15. The summed E-state index contributed by atoms with van der Waals surface area (Å²) in [5.74, 6) is 1.26. The van der Waals surface area contributed by atoms with Gasteiger partial charge in [-0.15, -0.1) is 0 Å². The fraction of sp³-hybridized carbons (Fsp3) is 0.286. The molecule has 0 radical (unpaired) electrons. The number of ether oxygens (including phenoxy) is 2. The van der Waals surface area contributed by atoms with Crippen molar-refractivity contribution < 1.29 is 14.6 Å². The number of rotatable bonds is 5. The van der Waals surface area contributed by atoms with E-state index in [9.17, 15) is 5.11 Å². The van der Waals surface area contributed by atoms with Crippen molar-refractivity contribution in [1.82, 2.24) is 9.97 Å². The molecule has 5 heteroatoms. The fourth-order valence-electron chi connectivity index (χ4n) is 1.74. The smallest absolute Gasteiger partial charge is 0.216 e. The molecular weight excluding hydrogens is 244 g/mol. The van der Waals surface area contributed by atoms with Gasteiger partial charge in [0.1, 0.15) is 12.1 Å². The van der Waals surface area contributed by atoms with Crippen molar-refractivity contribution >= 4 is 0 Å². The van der Waals surface area contributed by atoms with Crippen LogP contribution in [0.2, 0.25) is 0 Å². The zero-order valence-electron chi connectivity index (χ0n) is 10.9. The minimum atomic E-state index is -0.620. The summed E-state index contributed by atoms with van der Waals surface area (Å²) in [5, 5.41) is 10.2. The highest BCUT2D eigenvalue weighted by molar-refractivity contribution is 5.29. The van der Waals surface area contributed by atoms with Crippen molar-refractivity contribution in [2.75, 3.05) is 14.2 Å². The monoisotopic (exact) mass is 260 g/mol. The van der Waals surface area contributed by atoms with Crippen molar-refractivity contribution in [2.45, 2.75) is 12.5 Å². The summed E-state index contributed by atoms with van der Waals surface area (Å²) < 4.78 is 10.1. The van der Waals surface area contributed by atoms with E-state index < -0.39 is 6.10 Å². The van der Waals surface area contributed by atoms with Crippen molar-refractivity contribution in [3.63, 3.8) is 0 Å². The largest absolute Gasteiger partial charge is 0.497 e. The Morgan fingerprint density at radius 1 is 1.11 bits per heavy atom. The number of aliphatic hydroxyl groups is 1. The van der Waals surface area contributed by atoms with Crippen LogP contribution in [-0.4, -0.2) is 29.3 Å². The number of aromatic nitrogens is 2. The number of hydrogen-bond donors (Lipinski definition) is 1. The highest BCUT2D eigenvalue weighted by atomic mass is 16.5. The highest BCUT2D eigenvalue weighted by Crippen LogP contribution is 2.21. The summed E-state index contributed by atoms with van der Waals surface area (Å²) in [4.78, 5) is 8.04. The maximum Gasteiger partial charge on any atom is 0.216 e. The summed E-state index contributed by atoms with van der Waals surface area (Å²) >= 11 is 0. The lowest BCUT2D eigenvalue weighted by atomic mass is 10.0. The maximum absolute atomic E-state index is 10.2. The van der Waals surface area contributed by atoms with Gasteiger partial charge >= 0.3 is 0 Å². The van der Waals surface area contributed by atoms with Gasteiger partial charge in [0.15, 0.2) is 0 Å². The van der Waals surface area contributed by atoms with Gasteiger partial charge in [-0.05, 0) is 17.7 Å². The summed E-state index contributed by atoms with van der Waals surface area (Å²) in [6.07, 6.45) is 1.21. The first kappa shape index (κ1) is 13.3. The van der Waals surface area contributed by atoms with Crippen LogP contribution in [0.5, 0.6) is 11.6 Å². The van der Waals surface area contributed by atoms with Crippen LogP contribution >= 0.6 is 0 Å². The minimum Gasteiger partial charge on any atom is -0.497 e. The highest BCUT2D eigenvalue weighted by Gasteiger charge is 2.10. The lowest BCUT2D eigenvalue weighted by molar-refractivity contribution is 0.177. The standard InChI is InChI=1S/C14H16N2O3/c1-18-12-5-3-10(4-6-12)13(17)7-11-8-14(19-2)16-9-15-11/h3-6,8-9,13,17H,7H2,1-2H3. The van der Waals surface area contributed by atoms with E-state index in [0.717, 1.165) is 17.0 Å². The molecule has 1 atom stereocenters. The Hall–Kier alpha value is -2.14. The van der Waals surface area contributed by atoms with Gasteiger partial charge in [-0.25, -0.2) is 9.97 Å². The third kappa shape index (κ3) is 3.42. The Kier molecular flexibility index (Phi) is 4.30. The van der Waals surface area contributed by atoms with Crippen LogP contribution in [0.25, 0.3) is 0 Å². The van der Waals surface area contributed by atoms with Crippen LogP contribution in [0.3, 0.4) is 0 Å². The maximum atomic E-state index is 10.2. The van der Waals surface area contributed by atoms with E-state index in [1.54, 1.807) is 20.3 Å². The molecule has 2 rings (SSSR count). The molecule has 1 aromatic heterocycles. The van der Waals surface area contributed by atoms with Crippen LogP contribution in [0, 0.1) is 0 Å². The van der Waals surface area contributed by atoms with Crippen molar-refractivity contribution in [1.29, 1.82) is 0 Å². The van der Waals surface area contributed by atoms with Gasteiger partial charge in [0, 0.05) is 12.5 Å². The average molecular weight is 260 g/mol. The van der Waals surface area contributed by atoms with Crippen LogP contribution in [0.1, 0.15) is 17.4 Å². The van der Waals surface area contributed by atoms with E-state index in [-0.39, 0.29) is 0 Å². The van der Waals surface area contributed by atoms with E-state index in [4.69, 9.17) is 9.47 Å². The molecule has 0 bridgehead atoms. The number of nitrogens with zero attached hydrogens (tertiary/aromatic N) is 2. The van der Waals surface area contributed by atoms with Crippen LogP contribution < -0.4 is 9.47 Å². The van der Waals surface area contributed by atoms with Gasteiger partial charge in [0.25, 0.3) is 0 Å². The molecule has 1 aromatic carbocycles. The van der Waals surface area contributed by atoms with Crippen molar-refractivity contribution in [3.8, 4) is 11.6 Å². The zero-order valence-corrected chi connectivity index (χ0v) is 10.9. The van der Waals surface area contributed by atoms with Crippen LogP contribution in [-0.2, 0) is 6.42 Å². The topological polar surface area (TPSA) is 64.5 Å². The number of aliphatic hydroxyl groups excluding tert-OH is 1. The summed E-state index contributed by atoms with van der Waals surface area (Å²) in [6.45, 7) is 0. The van der Waals surface area contributed by atoms with E-state index in [0.29, 0.717) is 12.3 Å². The molecule has 100 valence electrons. The molecule has 0 saturated carbocycles. The first-order valence-corrected chi connectivity index (χ1v) is 5.90. The molecule has 1 N–H and O–H groups in total. The number of hydrogen-bond acceptors (Lipinski definition) is 5. The SMILES string of the molecule is COc1ccc(C(O)Cc2cc(OC)ncn2)cc1. The van der Waals surface area contributed by atoms with Gasteiger partial charge in [-0.3, -0.25) is 0 Å². The summed E-state index contributed by atoms with van der Waals surface area (Å²) in [5.41, 5.74) is 1.55. The average Bonchev–Trinajstić information content (AvgIpc) is 2.47. The van der Waals surface area contributed by atoms with Gasteiger partial charge in [0.2, 0.25) is 5.88 Å². The van der Waals surface area contributed by atoms with Gasteiger partial charge in [-0.1, -0.05) is 12.1 Å². The third-order valence-corrected chi connectivity index (χ3v) is 2.81.